The van der Waals surface area contributed by atoms with Gasteiger partial charge in [0.2, 0.25) is 0 Å². The molecule has 1 unspecified atom stereocenters. The number of aliphatic hydroxyl groups is 1. The Morgan fingerprint density at radius 1 is 1.11 bits per heavy atom. The van der Waals surface area contributed by atoms with Gasteiger partial charge in [0, 0.05) is 10.9 Å². The van der Waals surface area contributed by atoms with Crippen molar-refractivity contribution >= 4 is 15.9 Å². The monoisotopic (exact) mass is 326 g/mol. The number of hydrogen-bond donors (Lipinski definition) is 1. The molecule has 19 heavy (non-hydrogen) atoms. The summed E-state index contributed by atoms with van der Waals surface area (Å²) in [6.45, 7) is 1.65. The predicted octanol–water partition coefficient (Wildman–Crippen LogP) is 4.18. The van der Waals surface area contributed by atoms with Crippen LogP contribution in [0.4, 0.5) is 8.78 Å². The van der Waals surface area contributed by atoms with E-state index in [0.717, 1.165) is 16.6 Å². The van der Waals surface area contributed by atoms with Crippen LogP contribution in [0.1, 0.15) is 18.1 Å². The molecule has 0 aliphatic rings. The fourth-order valence-corrected chi connectivity index (χ4v) is 2.75. The summed E-state index contributed by atoms with van der Waals surface area (Å²) in [6.07, 6.45) is 0.201. The molecule has 0 saturated carbocycles. The fraction of sp³-hybridized carbons (Fsp3) is 0.200. The average Bonchev–Trinajstić information content (AvgIpc) is 2.34. The Balaban J connectivity index is 2.31. The van der Waals surface area contributed by atoms with E-state index in [0.29, 0.717) is 11.1 Å². The van der Waals surface area contributed by atoms with Crippen molar-refractivity contribution < 1.29 is 13.9 Å². The van der Waals surface area contributed by atoms with E-state index in [2.05, 4.69) is 15.9 Å². The van der Waals surface area contributed by atoms with Crippen molar-refractivity contribution in [2.24, 2.45) is 0 Å². The molecule has 0 heterocycles. The average molecular weight is 327 g/mol. The minimum atomic E-state index is -1.16. The summed E-state index contributed by atoms with van der Waals surface area (Å²) in [5.74, 6) is -1.79. The molecule has 0 aromatic heterocycles. The van der Waals surface area contributed by atoms with Crippen LogP contribution in [-0.2, 0) is 12.0 Å². The first-order valence-corrected chi connectivity index (χ1v) is 6.61. The third-order valence-corrected chi connectivity index (χ3v) is 3.68. The first kappa shape index (κ1) is 14.2. The van der Waals surface area contributed by atoms with Crippen LogP contribution in [0, 0.1) is 11.6 Å². The van der Waals surface area contributed by atoms with E-state index < -0.39 is 17.2 Å². The minimum Gasteiger partial charge on any atom is -0.385 e. The van der Waals surface area contributed by atoms with Crippen molar-refractivity contribution in [3.05, 3.63) is 69.7 Å². The van der Waals surface area contributed by atoms with E-state index >= 15 is 0 Å². The van der Waals surface area contributed by atoms with Crippen LogP contribution < -0.4 is 0 Å². The maximum absolute atomic E-state index is 13.2. The lowest BCUT2D eigenvalue weighted by molar-refractivity contribution is 0.0568. The summed E-state index contributed by atoms with van der Waals surface area (Å²) in [6, 6.07) is 10.9. The van der Waals surface area contributed by atoms with E-state index in [1.54, 1.807) is 13.0 Å². The smallest absolute Gasteiger partial charge is 0.159 e. The van der Waals surface area contributed by atoms with E-state index in [4.69, 9.17) is 0 Å². The maximum atomic E-state index is 13.2. The lowest BCUT2D eigenvalue weighted by Gasteiger charge is -2.25. The molecule has 2 aromatic carbocycles. The van der Waals surface area contributed by atoms with Crippen molar-refractivity contribution in [3.8, 4) is 0 Å². The maximum Gasteiger partial charge on any atom is 0.159 e. The molecule has 0 saturated heterocycles. The number of halogens is 3. The van der Waals surface area contributed by atoms with Gasteiger partial charge in [-0.3, -0.25) is 0 Å². The minimum absolute atomic E-state index is 0.201. The van der Waals surface area contributed by atoms with Gasteiger partial charge in [-0.1, -0.05) is 40.2 Å². The zero-order chi connectivity index (χ0) is 14.0. The third-order valence-electron chi connectivity index (χ3n) is 2.99. The first-order chi connectivity index (χ1) is 8.90. The normalized spacial score (nSPS) is 14.2. The Bertz CT molecular complexity index is 596. The fourth-order valence-electron chi connectivity index (χ4n) is 2.04. The van der Waals surface area contributed by atoms with Gasteiger partial charge in [0.1, 0.15) is 0 Å². The van der Waals surface area contributed by atoms with Crippen LogP contribution in [0.25, 0.3) is 0 Å². The molecule has 100 valence electrons. The Morgan fingerprint density at radius 3 is 2.42 bits per heavy atom. The first-order valence-electron chi connectivity index (χ1n) is 5.81. The molecular formula is C15H13BrF2O. The Morgan fingerprint density at radius 2 is 1.79 bits per heavy atom. The summed E-state index contributed by atoms with van der Waals surface area (Å²) in [5, 5.41) is 10.5. The summed E-state index contributed by atoms with van der Waals surface area (Å²) in [5.41, 5.74) is 0.0871. The van der Waals surface area contributed by atoms with Gasteiger partial charge in [0.25, 0.3) is 0 Å². The largest absolute Gasteiger partial charge is 0.385 e. The third kappa shape index (κ3) is 3.19. The highest BCUT2D eigenvalue weighted by atomic mass is 79.9. The molecule has 1 nitrogen and oxygen atoms in total. The number of rotatable bonds is 3. The van der Waals surface area contributed by atoms with Gasteiger partial charge in [-0.05, 0) is 36.2 Å². The van der Waals surface area contributed by atoms with Crippen molar-refractivity contribution in [2.75, 3.05) is 0 Å². The van der Waals surface area contributed by atoms with E-state index in [1.807, 2.05) is 18.2 Å². The molecule has 0 amide bonds. The molecule has 2 rings (SSSR count). The Hall–Kier alpha value is -1.26. The van der Waals surface area contributed by atoms with Gasteiger partial charge in [0.15, 0.2) is 11.6 Å². The van der Waals surface area contributed by atoms with Gasteiger partial charge in [-0.15, -0.1) is 0 Å². The lowest BCUT2D eigenvalue weighted by Crippen LogP contribution is -2.24. The molecule has 0 aliphatic carbocycles. The molecule has 0 spiro atoms. The Labute approximate surface area is 119 Å². The van der Waals surface area contributed by atoms with Crippen LogP contribution in [0.2, 0.25) is 0 Å². The molecule has 4 heteroatoms. The molecule has 1 atom stereocenters. The topological polar surface area (TPSA) is 20.2 Å². The highest BCUT2D eigenvalue weighted by molar-refractivity contribution is 9.10. The van der Waals surface area contributed by atoms with Crippen LogP contribution in [0.15, 0.2) is 46.9 Å². The second-order valence-corrected chi connectivity index (χ2v) is 5.53. The van der Waals surface area contributed by atoms with Crippen molar-refractivity contribution in [1.29, 1.82) is 0 Å². The van der Waals surface area contributed by atoms with Crippen molar-refractivity contribution in [3.63, 3.8) is 0 Å². The molecule has 0 bridgehead atoms. The standard InChI is InChI=1S/C15H13BrF2O/c1-15(19,11-4-2-3-5-12(11)16)9-10-6-7-13(17)14(18)8-10/h2-8,19H,9H2,1H3. The van der Waals surface area contributed by atoms with Gasteiger partial charge < -0.3 is 5.11 Å². The van der Waals surface area contributed by atoms with Gasteiger partial charge in [0.05, 0.1) is 5.60 Å². The second kappa shape index (κ2) is 5.39. The predicted molar refractivity (Wildman–Crippen MR) is 73.8 cm³/mol. The quantitative estimate of drug-likeness (QED) is 0.897. The second-order valence-electron chi connectivity index (χ2n) is 4.68. The molecule has 0 aliphatic heterocycles. The molecule has 0 fully saturated rings. The summed E-state index contributed by atoms with van der Waals surface area (Å²) < 4.78 is 26.8. The highest BCUT2D eigenvalue weighted by Gasteiger charge is 2.26. The van der Waals surface area contributed by atoms with Crippen LogP contribution in [-0.4, -0.2) is 5.11 Å². The summed E-state index contributed by atoms with van der Waals surface area (Å²) in [4.78, 5) is 0. The SMILES string of the molecule is CC(O)(Cc1ccc(F)c(F)c1)c1ccccc1Br. The van der Waals surface area contributed by atoms with Crippen molar-refractivity contribution in [2.45, 2.75) is 18.9 Å². The van der Waals surface area contributed by atoms with Gasteiger partial charge >= 0.3 is 0 Å². The van der Waals surface area contributed by atoms with Crippen LogP contribution in [0.5, 0.6) is 0 Å². The lowest BCUT2D eigenvalue weighted by atomic mass is 9.89. The van der Waals surface area contributed by atoms with Crippen LogP contribution >= 0.6 is 15.9 Å². The zero-order valence-corrected chi connectivity index (χ0v) is 11.9. The van der Waals surface area contributed by atoms with Gasteiger partial charge in [-0.25, -0.2) is 8.78 Å². The van der Waals surface area contributed by atoms with Crippen molar-refractivity contribution in [1.82, 2.24) is 0 Å². The Kier molecular flexibility index (Phi) is 4.02. The number of hydrogen-bond acceptors (Lipinski definition) is 1. The van der Waals surface area contributed by atoms with Crippen LogP contribution in [0.3, 0.4) is 0 Å². The van der Waals surface area contributed by atoms with E-state index in [9.17, 15) is 13.9 Å². The highest BCUT2D eigenvalue weighted by Crippen LogP contribution is 2.31. The van der Waals surface area contributed by atoms with Gasteiger partial charge in [-0.2, -0.15) is 0 Å². The molecule has 1 N–H and O–H groups in total. The molecule has 2 aromatic rings. The molecular weight excluding hydrogens is 314 g/mol. The zero-order valence-electron chi connectivity index (χ0n) is 10.3. The molecule has 0 radical (unpaired) electrons. The van der Waals surface area contributed by atoms with E-state index in [-0.39, 0.29) is 6.42 Å². The van der Waals surface area contributed by atoms with E-state index in [1.165, 1.54) is 6.07 Å². The summed E-state index contributed by atoms with van der Waals surface area (Å²) >= 11 is 3.38. The summed E-state index contributed by atoms with van der Waals surface area (Å²) in [7, 11) is 0. The number of benzene rings is 2.